The van der Waals surface area contributed by atoms with Crippen LogP contribution in [-0.2, 0) is 17.1 Å². The molecule has 1 aromatic carbocycles. The Morgan fingerprint density at radius 3 is 2.67 bits per heavy atom. The molecule has 1 aromatic heterocycles. The number of carbonyl (C=O) groups excluding carboxylic acids is 1. The lowest BCUT2D eigenvalue weighted by Crippen LogP contribution is -2.61. The molecule has 0 unspecified atom stereocenters. The number of aryl methyl sites for hydroxylation is 2. The average molecular weight is 482 g/mol. The highest BCUT2D eigenvalue weighted by Crippen LogP contribution is 2.38. The summed E-state index contributed by atoms with van der Waals surface area (Å²) in [6.07, 6.45) is 0.471. The number of carbonyl (C=O) groups is 1. The molecule has 0 aliphatic carbocycles. The molecule has 1 aliphatic heterocycles. The second-order valence-electron chi connectivity index (χ2n) is 7.27. The first-order chi connectivity index (χ1) is 15.2. The maximum absolute atomic E-state index is 13.4. The third kappa shape index (κ3) is 4.14. The van der Waals surface area contributed by atoms with Crippen molar-refractivity contribution in [3.05, 3.63) is 41.2 Å². The number of nitriles is 1. The molecule has 13 heteroatoms. The number of fused-ring (bicyclic) bond motifs is 1. The number of nitrogens with zero attached hydrogens (tertiary/aromatic N) is 2. The molecule has 2 atom stereocenters. The van der Waals surface area contributed by atoms with Crippen molar-refractivity contribution in [2.24, 2.45) is 7.05 Å². The van der Waals surface area contributed by atoms with E-state index in [2.05, 4.69) is 5.32 Å². The van der Waals surface area contributed by atoms with Crippen molar-refractivity contribution >= 4 is 21.6 Å². The summed E-state index contributed by atoms with van der Waals surface area (Å²) in [4.78, 5) is 12.3. The second-order valence-corrected chi connectivity index (χ2v) is 8.95. The van der Waals surface area contributed by atoms with Crippen LogP contribution in [0.25, 0.3) is 0 Å². The minimum absolute atomic E-state index is 0.225. The van der Waals surface area contributed by atoms with Crippen LogP contribution in [0.2, 0.25) is 0 Å². The van der Waals surface area contributed by atoms with Crippen molar-refractivity contribution < 1.29 is 36.2 Å². The second kappa shape index (κ2) is 8.12. The molecule has 9 nitrogen and oxygen atoms in total. The molecule has 0 radical (unpaired) electrons. The average Bonchev–Trinajstić information content (AvgIpc) is 3.01. The quantitative estimate of drug-likeness (QED) is 0.567. The van der Waals surface area contributed by atoms with Crippen LogP contribution >= 0.6 is 0 Å². The first kappa shape index (κ1) is 24.1. The zero-order valence-electron chi connectivity index (χ0n) is 17.2. The van der Waals surface area contributed by atoms with Crippen LogP contribution in [0, 0.1) is 30.6 Å². The van der Waals surface area contributed by atoms with Gasteiger partial charge in [0.25, 0.3) is 5.91 Å². The lowest BCUT2D eigenvalue weighted by molar-refractivity contribution is -0.245. The van der Waals surface area contributed by atoms with Crippen LogP contribution in [0.5, 0.6) is 5.75 Å². The number of aliphatic hydroxyl groups is 1. The highest BCUT2D eigenvalue weighted by Gasteiger charge is 2.60. The van der Waals surface area contributed by atoms with E-state index in [1.165, 1.54) is 25.1 Å². The van der Waals surface area contributed by atoms with Gasteiger partial charge in [-0.15, -0.1) is 6.42 Å². The van der Waals surface area contributed by atoms with Crippen LogP contribution in [0.15, 0.2) is 29.3 Å². The standard InChI is InChI=1S/C20H17F3N4O5S/c1-4-19(29,20(21,22)23)15-10-32-17-14(33(30,31)26-15)9-27(3)16(17)18(28)25-13-6-5-11(2)12(7-13)8-24/h1,5-7,9,15,26,29H,10H2,2-3H3,(H,25,28)/t15-,19+/m1/s1. The smallest absolute Gasteiger partial charge is 0.430 e. The fourth-order valence-corrected chi connectivity index (χ4v) is 4.65. The molecule has 1 aliphatic rings. The summed E-state index contributed by atoms with van der Waals surface area (Å²) in [5.41, 5.74) is -2.98. The molecular weight excluding hydrogens is 465 g/mol. The number of alkyl halides is 3. The summed E-state index contributed by atoms with van der Waals surface area (Å²) in [5, 5.41) is 21.6. The fourth-order valence-electron chi connectivity index (χ4n) is 3.22. The number of benzene rings is 1. The van der Waals surface area contributed by atoms with E-state index < -0.39 is 51.0 Å². The fraction of sp³-hybridized carbons (Fsp3) is 0.300. The van der Waals surface area contributed by atoms with Gasteiger partial charge in [-0.2, -0.15) is 18.4 Å². The van der Waals surface area contributed by atoms with E-state index in [1.54, 1.807) is 17.7 Å². The third-order valence-electron chi connectivity index (χ3n) is 5.07. The number of hydrogen-bond acceptors (Lipinski definition) is 6. The zero-order chi connectivity index (χ0) is 24.8. The summed E-state index contributed by atoms with van der Waals surface area (Å²) in [5.74, 6) is -0.177. The Balaban J connectivity index is 2.01. The van der Waals surface area contributed by atoms with Gasteiger partial charge >= 0.3 is 6.18 Å². The number of amides is 1. The van der Waals surface area contributed by atoms with E-state index in [4.69, 9.17) is 16.4 Å². The van der Waals surface area contributed by atoms with Gasteiger partial charge < -0.3 is 19.7 Å². The number of rotatable bonds is 3. The largest absolute Gasteiger partial charge is 0.488 e. The summed E-state index contributed by atoms with van der Waals surface area (Å²) in [6, 6.07) is 4.19. The van der Waals surface area contributed by atoms with Gasteiger partial charge in [0.15, 0.2) is 11.4 Å². The zero-order valence-corrected chi connectivity index (χ0v) is 18.0. The van der Waals surface area contributed by atoms with Gasteiger partial charge in [-0.25, -0.2) is 13.1 Å². The molecule has 0 bridgehead atoms. The SMILES string of the molecule is C#C[C@](O)([C@H]1COc2c(cn(C)c2C(=O)Nc2ccc(C)c(C#N)c2)S(=O)(=O)N1)C(F)(F)F. The number of hydrogen-bond donors (Lipinski definition) is 3. The predicted molar refractivity (Wildman–Crippen MR) is 109 cm³/mol. The van der Waals surface area contributed by atoms with Crippen LogP contribution in [0.1, 0.15) is 21.6 Å². The predicted octanol–water partition coefficient (Wildman–Crippen LogP) is 1.42. The van der Waals surface area contributed by atoms with Gasteiger partial charge in [-0.05, 0) is 24.6 Å². The van der Waals surface area contributed by atoms with Crippen LogP contribution < -0.4 is 14.8 Å². The molecule has 0 saturated heterocycles. The molecule has 2 aromatic rings. The minimum Gasteiger partial charge on any atom is -0.488 e. The highest BCUT2D eigenvalue weighted by molar-refractivity contribution is 7.89. The van der Waals surface area contributed by atoms with E-state index in [0.29, 0.717) is 11.1 Å². The molecule has 3 N–H and O–H groups in total. The highest BCUT2D eigenvalue weighted by atomic mass is 32.2. The number of aromatic nitrogens is 1. The molecule has 2 heterocycles. The monoisotopic (exact) mass is 482 g/mol. The number of ether oxygens (including phenoxy) is 1. The molecule has 3 rings (SSSR count). The molecule has 174 valence electrons. The molecular formula is C20H17F3N4O5S. The van der Waals surface area contributed by atoms with Crippen molar-refractivity contribution in [2.75, 3.05) is 11.9 Å². The summed E-state index contributed by atoms with van der Waals surface area (Å²) < 4.78 is 73.7. The van der Waals surface area contributed by atoms with Gasteiger partial charge in [-0.1, -0.05) is 12.0 Å². The molecule has 33 heavy (non-hydrogen) atoms. The lowest BCUT2D eigenvalue weighted by Gasteiger charge is -2.32. The number of anilines is 1. The molecule has 0 fully saturated rings. The first-order valence-electron chi connectivity index (χ1n) is 9.18. The van der Waals surface area contributed by atoms with Crippen molar-refractivity contribution in [1.29, 1.82) is 5.26 Å². The van der Waals surface area contributed by atoms with Crippen molar-refractivity contribution in [1.82, 2.24) is 9.29 Å². The Hall–Kier alpha value is -3.52. The number of sulfonamides is 1. The maximum Gasteiger partial charge on any atom is 0.430 e. The Labute approximate surface area is 186 Å². The van der Waals surface area contributed by atoms with Gasteiger partial charge in [0.1, 0.15) is 17.5 Å². The summed E-state index contributed by atoms with van der Waals surface area (Å²) in [6.45, 7) is 0.682. The number of nitrogens with one attached hydrogen (secondary N) is 2. The van der Waals surface area contributed by atoms with Crippen LogP contribution in [0.4, 0.5) is 18.9 Å². The van der Waals surface area contributed by atoms with E-state index in [9.17, 15) is 31.5 Å². The van der Waals surface area contributed by atoms with E-state index in [1.807, 2.05) is 6.07 Å². The van der Waals surface area contributed by atoms with Crippen LogP contribution in [-0.4, -0.2) is 48.4 Å². The van der Waals surface area contributed by atoms with E-state index in [0.717, 1.165) is 10.8 Å². The molecule has 0 spiro atoms. The molecule has 1 amide bonds. The van der Waals surface area contributed by atoms with Crippen molar-refractivity contribution in [3.63, 3.8) is 0 Å². The van der Waals surface area contributed by atoms with Gasteiger partial charge in [0.2, 0.25) is 15.6 Å². The summed E-state index contributed by atoms with van der Waals surface area (Å²) >= 11 is 0. The topological polar surface area (TPSA) is 133 Å². The van der Waals surface area contributed by atoms with Crippen molar-refractivity contribution in [3.8, 4) is 24.2 Å². The Bertz CT molecular complexity index is 1320. The Kier molecular flexibility index (Phi) is 5.93. The first-order valence-corrected chi connectivity index (χ1v) is 10.7. The number of terminal acetylenes is 1. The maximum atomic E-state index is 13.4. The van der Waals surface area contributed by atoms with Gasteiger partial charge in [0, 0.05) is 18.9 Å². The number of halogens is 3. The van der Waals surface area contributed by atoms with Crippen molar-refractivity contribution in [2.45, 2.75) is 29.6 Å². The van der Waals surface area contributed by atoms with Gasteiger partial charge in [-0.3, -0.25) is 4.79 Å². The van der Waals surface area contributed by atoms with E-state index >= 15 is 0 Å². The third-order valence-corrected chi connectivity index (χ3v) is 6.54. The summed E-state index contributed by atoms with van der Waals surface area (Å²) in [7, 11) is -3.34. The van der Waals surface area contributed by atoms with E-state index in [-0.39, 0.29) is 11.4 Å². The minimum atomic E-state index is -5.37. The van der Waals surface area contributed by atoms with Crippen LogP contribution in [0.3, 0.4) is 0 Å². The lowest BCUT2D eigenvalue weighted by atomic mass is 9.95. The molecule has 0 saturated carbocycles. The van der Waals surface area contributed by atoms with Gasteiger partial charge in [0.05, 0.1) is 11.6 Å². The normalized spacial score (nSPS) is 19.1. The Morgan fingerprint density at radius 1 is 1.42 bits per heavy atom. The Morgan fingerprint density at radius 2 is 2.09 bits per heavy atom.